The molecule has 0 saturated heterocycles. The minimum Gasteiger partial charge on any atom is -0.481 e. The van der Waals surface area contributed by atoms with Gasteiger partial charge in [-0.3, -0.25) is 4.79 Å². The van der Waals surface area contributed by atoms with Crippen LogP contribution in [0.5, 0.6) is 0 Å². The molecule has 2 atom stereocenters. The number of halogens is 1. The van der Waals surface area contributed by atoms with Crippen molar-refractivity contribution in [3.05, 3.63) is 45.3 Å². The van der Waals surface area contributed by atoms with Gasteiger partial charge in [-0.25, -0.2) is 0 Å². The Bertz CT molecular complexity index is 592. The Hall–Kier alpha value is -1.75. The van der Waals surface area contributed by atoms with Gasteiger partial charge in [-0.2, -0.15) is 0 Å². The molecule has 1 aliphatic carbocycles. The fourth-order valence-electron chi connectivity index (χ4n) is 3.58. The quantitative estimate of drug-likeness (QED) is 0.435. The molecule has 6 nitrogen and oxygen atoms in total. The van der Waals surface area contributed by atoms with Crippen LogP contribution in [0.15, 0.2) is 29.4 Å². The molecule has 0 spiro atoms. The van der Waals surface area contributed by atoms with Crippen molar-refractivity contribution in [2.75, 3.05) is 6.61 Å². The Morgan fingerprint density at radius 3 is 2.50 bits per heavy atom. The molecule has 130 valence electrons. The molecule has 0 radical (unpaired) electrons. The lowest BCUT2D eigenvalue weighted by Gasteiger charge is -2.35. The van der Waals surface area contributed by atoms with Gasteiger partial charge >= 0.3 is 5.97 Å². The Morgan fingerprint density at radius 2 is 2.00 bits per heavy atom. The van der Waals surface area contributed by atoms with Crippen molar-refractivity contribution in [2.24, 2.45) is 11.0 Å². The third kappa shape index (κ3) is 4.63. The number of carboxylic acid groups (broad SMARTS) is 1. The first-order valence-electron chi connectivity index (χ1n) is 8.20. The smallest absolute Gasteiger partial charge is 0.313 e. The fourth-order valence-corrected chi connectivity index (χ4v) is 3.70. The summed E-state index contributed by atoms with van der Waals surface area (Å²) in [6.45, 7) is 2.66. The zero-order valence-electron chi connectivity index (χ0n) is 13.6. The number of carbonyl (C=O) groups is 1. The van der Waals surface area contributed by atoms with Crippen LogP contribution in [0.25, 0.3) is 10.4 Å². The standard InChI is InChI=1S/C17H22ClN3O3/c1-2-24-14-9-5-12(6-10-14)15(16(17(22)23)20-21-19)11-3-7-13(18)8-4-11/h3-4,7-8,12,14-16H,2,5-6,9-10H2,1H3,(H,22,23). The van der Waals surface area contributed by atoms with E-state index < -0.39 is 12.0 Å². The average Bonchev–Trinajstić information content (AvgIpc) is 2.57. The lowest BCUT2D eigenvalue weighted by atomic mass is 9.73. The number of aliphatic carboxylic acids is 1. The summed E-state index contributed by atoms with van der Waals surface area (Å²) in [5.41, 5.74) is 9.64. The lowest BCUT2D eigenvalue weighted by Crippen LogP contribution is -2.34. The van der Waals surface area contributed by atoms with Crippen molar-refractivity contribution in [1.29, 1.82) is 0 Å². The fraction of sp³-hybridized carbons (Fsp3) is 0.588. The molecule has 1 aromatic carbocycles. The summed E-state index contributed by atoms with van der Waals surface area (Å²) in [5, 5.41) is 13.7. The normalized spacial score (nSPS) is 23.1. The van der Waals surface area contributed by atoms with E-state index in [0.29, 0.717) is 11.6 Å². The molecule has 0 aromatic heterocycles. The maximum atomic E-state index is 11.7. The number of hydrogen-bond acceptors (Lipinski definition) is 3. The van der Waals surface area contributed by atoms with Gasteiger partial charge in [0, 0.05) is 22.5 Å². The van der Waals surface area contributed by atoms with Crippen LogP contribution in [0.1, 0.15) is 44.1 Å². The second kappa shape index (κ2) is 8.92. The molecule has 0 amide bonds. The van der Waals surface area contributed by atoms with Crippen LogP contribution in [0, 0.1) is 5.92 Å². The largest absolute Gasteiger partial charge is 0.481 e. The van der Waals surface area contributed by atoms with Crippen molar-refractivity contribution < 1.29 is 14.6 Å². The van der Waals surface area contributed by atoms with E-state index in [0.717, 1.165) is 31.2 Å². The van der Waals surface area contributed by atoms with Gasteiger partial charge < -0.3 is 9.84 Å². The van der Waals surface area contributed by atoms with E-state index in [1.807, 2.05) is 19.1 Å². The average molecular weight is 352 g/mol. The maximum Gasteiger partial charge on any atom is 0.313 e. The molecular weight excluding hydrogens is 330 g/mol. The van der Waals surface area contributed by atoms with Gasteiger partial charge in [0.05, 0.1) is 6.10 Å². The second-order valence-corrected chi connectivity index (χ2v) is 6.49. The number of benzene rings is 1. The van der Waals surface area contributed by atoms with Crippen LogP contribution < -0.4 is 0 Å². The monoisotopic (exact) mass is 351 g/mol. The predicted molar refractivity (Wildman–Crippen MR) is 92.1 cm³/mol. The molecule has 1 aliphatic rings. The van der Waals surface area contributed by atoms with Gasteiger partial charge in [0.2, 0.25) is 0 Å². The van der Waals surface area contributed by atoms with Crippen molar-refractivity contribution in [1.82, 2.24) is 0 Å². The van der Waals surface area contributed by atoms with Crippen LogP contribution in [0.2, 0.25) is 5.02 Å². The number of azide groups is 1. The second-order valence-electron chi connectivity index (χ2n) is 6.06. The van der Waals surface area contributed by atoms with Crippen LogP contribution >= 0.6 is 11.6 Å². The number of rotatable bonds is 7. The highest BCUT2D eigenvalue weighted by Gasteiger charge is 2.37. The van der Waals surface area contributed by atoms with Gasteiger partial charge in [-0.05, 0) is 61.8 Å². The third-order valence-corrected chi connectivity index (χ3v) is 4.91. The first-order chi connectivity index (χ1) is 11.6. The molecule has 2 unspecified atom stereocenters. The number of ether oxygens (including phenoxy) is 1. The van der Waals surface area contributed by atoms with E-state index in [-0.39, 0.29) is 17.9 Å². The number of carboxylic acids is 1. The Balaban J connectivity index is 2.27. The van der Waals surface area contributed by atoms with Crippen LogP contribution in [-0.4, -0.2) is 29.8 Å². The van der Waals surface area contributed by atoms with Gasteiger partial charge in [-0.1, -0.05) is 28.8 Å². The molecule has 1 saturated carbocycles. The summed E-state index contributed by atoms with van der Waals surface area (Å²) < 4.78 is 5.67. The van der Waals surface area contributed by atoms with Gasteiger partial charge in [-0.15, -0.1) is 0 Å². The number of nitrogens with zero attached hydrogens (tertiary/aromatic N) is 3. The van der Waals surface area contributed by atoms with Crippen molar-refractivity contribution >= 4 is 17.6 Å². The van der Waals surface area contributed by atoms with Crippen LogP contribution in [0.4, 0.5) is 0 Å². The van der Waals surface area contributed by atoms with Crippen molar-refractivity contribution in [2.45, 2.75) is 50.7 Å². The highest BCUT2D eigenvalue weighted by molar-refractivity contribution is 6.30. The van der Waals surface area contributed by atoms with E-state index in [9.17, 15) is 9.90 Å². The molecule has 0 bridgehead atoms. The third-order valence-electron chi connectivity index (χ3n) is 4.65. The van der Waals surface area contributed by atoms with E-state index in [4.69, 9.17) is 21.9 Å². The molecule has 0 aliphatic heterocycles. The Morgan fingerprint density at radius 1 is 1.38 bits per heavy atom. The van der Waals surface area contributed by atoms with Crippen LogP contribution in [-0.2, 0) is 9.53 Å². The van der Waals surface area contributed by atoms with Crippen molar-refractivity contribution in [3.63, 3.8) is 0 Å². The van der Waals surface area contributed by atoms with Gasteiger partial charge in [0.1, 0.15) is 6.04 Å². The molecule has 1 N–H and O–H groups in total. The molecular formula is C17H22ClN3O3. The molecule has 0 heterocycles. The molecule has 24 heavy (non-hydrogen) atoms. The molecule has 7 heteroatoms. The first kappa shape index (κ1) is 18.6. The summed E-state index contributed by atoms with van der Waals surface area (Å²) in [7, 11) is 0. The highest BCUT2D eigenvalue weighted by Crippen LogP contribution is 2.40. The Labute approximate surface area is 146 Å². The maximum absolute atomic E-state index is 11.7. The summed E-state index contributed by atoms with van der Waals surface area (Å²) in [5.74, 6) is -1.33. The van der Waals surface area contributed by atoms with Crippen molar-refractivity contribution in [3.8, 4) is 0 Å². The topological polar surface area (TPSA) is 95.3 Å². The molecule has 1 aromatic rings. The zero-order chi connectivity index (χ0) is 17.5. The summed E-state index contributed by atoms with van der Waals surface area (Å²) in [4.78, 5) is 14.4. The van der Waals surface area contributed by atoms with Gasteiger partial charge in [0.15, 0.2) is 0 Å². The lowest BCUT2D eigenvalue weighted by molar-refractivity contribution is -0.139. The SMILES string of the molecule is CCOC1CCC(C(c2ccc(Cl)cc2)C(N=[N+]=[N-])C(=O)O)CC1. The zero-order valence-corrected chi connectivity index (χ0v) is 14.4. The minimum absolute atomic E-state index is 0.134. The van der Waals surface area contributed by atoms with E-state index in [2.05, 4.69) is 10.0 Å². The summed E-state index contributed by atoms with van der Waals surface area (Å²) in [6.07, 6.45) is 3.72. The van der Waals surface area contributed by atoms with Crippen LogP contribution in [0.3, 0.4) is 0 Å². The highest BCUT2D eigenvalue weighted by atomic mass is 35.5. The minimum atomic E-state index is -1.12. The van der Waals surface area contributed by atoms with E-state index >= 15 is 0 Å². The molecule has 1 fully saturated rings. The van der Waals surface area contributed by atoms with Gasteiger partial charge in [0.25, 0.3) is 0 Å². The molecule has 2 rings (SSSR count). The first-order valence-corrected chi connectivity index (χ1v) is 8.58. The van der Waals surface area contributed by atoms with E-state index in [1.54, 1.807) is 12.1 Å². The predicted octanol–water partition coefficient (Wildman–Crippen LogP) is 4.78. The summed E-state index contributed by atoms with van der Waals surface area (Å²) >= 11 is 5.94. The summed E-state index contributed by atoms with van der Waals surface area (Å²) in [6, 6.07) is 6.01. The van der Waals surface area contributed by atoms with E-state index in [1.165, 1.54) is 0 Å². The number of hydrogen-bond donors (Lipinski definition) is 1. The Kier molecular flexibility index (Phi) is 6.91.